The molecule has 0 spiro atoms. The average Bonchev–Trinajstić information content (AvgIpc) is 3.24. The highest BCUT2D eigenvalue weighted by Crippen LogP contribution is 2.24. The fraction of sp³-hybridized carbons (Fsp3) is 0.348. The van der Waals surface area contributed by atoms with E-state index in [1.165, 1.54) is 28.5 Å². The quantitative estimate of drug-likeness (QED) is 0.555. The molecule has 0 atom stereocenters. The molecule has 5 heteroatoms. The number of nitrogens with one attached hydrogen (secondary N) is 1. The lowest BCUT2D eigenvalue weighted by Crippen LogP contribution is -2.38. The van der Waals surface area contributed by atoms with Crippen LogP contribution in [0.5, 0.6) is 0 Å². The fourth-order valence-corrected chi connectivity index (χ4v) is 5.21. The van der Waals surface area contributed by atoms with Crippen molar-refractivity contribution < 1.29 is 4.79 Å². The number of carbonyl (C=O) groups is 1. The largest absolute Gasteiger partial charge is 0.355 e. The number of likely N-dealkylation sites (tertiary alicyclic amines) is 1. The Hall–Kier alpha value is -1.82. The van der Waals surface area contributed by atoms with E-state index >= 15 is 0 Å². The number of hydrogen-bond donors (Lipinski definition) is 1. The van der Waals surface area contributed by atoms with Gasteiger partial charge in [0.05, 0.1) is 5.75 Å². The number of fused-ring (bicyclic) bond motifs is 1. The summed E-state index contributed by atoms with van der Waals surface area (Å²) in [6.45, 7) is 4.14. The van der Waals surface area contributed by atoms with Crippen molar-refractivity contribution in [2.75, 3.05) is 25.4 Å². The predicted octanol–water partition coefficient (Wildman–Crippen LogP) is 5.02. The molecule has 1 fully saturated rings. The standard InChI is InChI=1S/C23H26N2OS2/c26-23(17-28-21-8-7-19-4-1-2-5-20(19)14-21)24-15-18-9-11-25(12-10-18)16-22-6-3-13-27-22/h1-8,13-14,18H,9-12,15-17H2,(H,24,26). The van der Waals surface area contributed by atoms with Gasteiger partial charge in [0.15, 0.2) is 0 Å². The molecule has 1 N–H and O–H groups in total. The Balaban J connectivity index is 1.16. The number of rotatable bonds is 7. The minimum absolute atomic E-state index is 0.138. The number of amides is 1. The van der Waals surface area contributed by atoms with E-state index in [4.69, 9.17) is 0 Å². The fourth-order valence-electron chi connectivity index (χ4n) is 3.69. The van der Waals surface area contributed by atoms with Gasteiger partial charge in [-0.15, -0.1) is 23.1 Å². The van der Waals surface area contributed by atoms with Gasteiger partial charge in [0.25, 0.3) is 0 Å². The minimum Gasteiger partial charge on any atom is -0.355 e. The minimum atomic E-state index is 0.138. The number of carbonyl (C=O) groups excluding carboxylic acids is 1. The van der Waals surface area contributed by atoms with Gasteiger partial charge in [0.1, 0.15) is 0 Å². The van der Waals surface area contributed by atoms with E-state index in [0.717, 1.165) is 31.1 Å². The normalized spacial score (nSPS) is 15.7. The lowest BCUT2D eigenvalue weighted by molar-refractivity contribution is -0.118. The smallest absolute Gasteiger partial charge is 0.230 e. The van der Waals surface area contributed by atoms with E-state index in [9.17, 15) is 4.79 Å². The van der Waals surface area contributed by atoms with Gasteiger partial charge in [-0.1, -0.05) is 36.4 Å². The molecule has 3 nitrogen and oxygen atoms in total. The maximum absolute atomic E-state index is 12.3. The van der Waals surface area contributed by atoms with Crippen molar-refractivity contribution in [1.29, 1.82) is 0 Å². The zero-order valence-corrected chi connectivity index (χ0v) is 17.6. The second kappa shape index (κ2) is 9.59. The summed E-state index contributed by atoms with van der Waals surface area (Å²) in [5.74, 6) is 1.23. The zero-order valence-electron chi connectivity index (χ0n) is 16.0. The molecule has 1 saturated heterocycles. The summed E-state index contributed by atoms with van der Waals surface area (Å²) in [5.41, 5.74) is 0. The van der Waals surface area contributed by atoms with Crippen molar-refractivity contribution in [1.82, 2.24) is 10.2 Å². The molecule has 1 aliphatic rings. The van der Waals surface area contributed by atoms with Gasteiger partial charge < -0.3 is 5.32 Å². The van der Waals surface area contributed by atoms with Crippen LogP contribution in [0.1, 0.15) is 17.7 Å². The Bertz CT molecular complexity index is 902. The van der Waals surface area contributed by atoms with Crippen LogP contribution >= 0.6 is 23.1 Å². The summed E-state index contributed by atoms with van der Waals surface area (Å²) in [4.78, 5) is 17.4. The molecule has 0 bridgehead atoms. The molecule has 2 aromatic carbocycles. The highest BCUT2D eigenvalue weighted by atomic mass is 32.2. The van der Waals surface area contributed by atoms with E-state index in [2.05, 4.69) is 70.2 Å². The highest BCUT2D eigenvalue weighted by Gasteiger charge is 2.20. The van der Waals surface area contributed by atoms with Crippen LogP contribution in [0.25, 0.3) is 10.8 Å². The SMILES string of the molecule is O=C(CSc1ccc2ccccc2c1)NCC1CCN(Cc2cccs2)CC1. The lowest BCUT2D eigenvalue weighted by Gasteiger charge is -2.31. The van der Waals surface area contributed by atoms with Crippen molar-refractivity contribution in [2.45, 2.75) is 24.3 Å². The monoisotopic (exact) mass is 410 g/mol. The van der Waals surface area contributed by atoms with Gasteiger partial charge in [-0.3, -0.25) is 9.69 Å². The van der Waals surface area contributed by atoms with Crippen molar-refractivity contribution in [3.05, 3.63) is 64.9 Å². The Morgan fingerprint density at radius 3 is 2.68 bits per heavy atom. The summed E-state index contributed by atoms with van der Waals surface area (Å²) < 4.78 is 0. The van der Waals surface area contributed by atoms with Crippen molar-refractivity contribution in [3.8, 4) is 0 Å². The molecule has 0 saturated carbocycles. The van der Waals surface area contributed by atoms with Crippen molar-refractivity contribution in [3.63, 3.8) is 0 Å². The van der Waals surface area contributed by atoms with Crippen molar-refractivity contribution in [2.24, 2.45) is 5.92 Å². The van der Waals surface area contributed by atoms with Gasteiger partial charge >= 0.3 is 0 Å². The third kappa shape index (κ3) is 5.37. The Morgan fingerprint density at radius 2 is 1.89 bits per heavy atom. The number of hydrogen-bond acceptors (Lipinski definition) is 4. The summed E-state index contributed by atoms with van der Waals surface area (Å²) in [6, 6.07) is 19.1. The van der Waals surface area contributed by atoms with E-state index < -0.39 is 0 Å². The Morgan fingerprint density at radius 1 is 1.07 bits per heavy atom. The second-order valence-electron chi connectivity index (χ2n) is 7.40. The first-order valence-corrected chi connectivity index (χ1v) is 11.8. The van der Waals surface area contributed by atoms with E-state index in [1.807, 2.05) is 11.3 Å². The van der Waals surface area contributed by atoms with Crippen LogP contribution in [0.15, 0.2) is 64.9 Å². The van der Waals surface area contributed by atoms with Gasteiger partial charge in [0, 0.05) is 22.9 Å². The van der Waals surface area contributed by atoms with Gasteiger partial charge in [-0.25, -0.2) is 0 Å². The van der Waals surface area contributed by atoms with Crippen molar-refractivity contribution >= 4 is 39.8 Å². The molecule has 3 aromatic rings. The first-order valence-electron chi connectivity index (χ1n) is 9.89. The van der Waals surface area contributed by atoms with Crippen LogP contribution < -0.4 is 5.32 Å². The van der Waals surface area contributed by atoms with Crippen LogP contribution in [0.2, 0.25) is 0 Å². The topological polar surface area (TPSA) is 32.3 Å². The zero-order chi connectivity index (χ0) is 19.2. The van der Waals surface area contributed by atoms with Gasteiger partial charge in [-0.2, -0.15) is 0 Å². The third-order valence-corrected chi connectivity index (χ3v) is 7.20. The molecule has 4 rings (SSSR count). The molecule has 146 valence electrons. The van der Waals surface area contributed by atoms with E-state index in [1.54, 1.807) is 11.8 Å². The number of thioether (sulfide) groups is 1. The summed E-state index contributed by atoms with van der Waals surface area (Å²) in [6.07, 6.45) is 2.34. The first kappa shape index (κ1) is 19.5. The molecule has 0 unspecified atom stereocenters. The first-order chi connectivity index (χ1) is 13.8. The maximum atomic E-state index is 12.3. The Labute approximate surface area is 175 Å². The predicted molar refractivity (Wildman–Crippen MR) is 120 cm³/mol. The average molecular weight is 411 g/mol. The number of benzene rings is 2. The number of piperidine rings is 1. The second-order valence-corrected chi connectivity index (χ2v) is 9.48. The molecular formula is C23H26N2OS2. The number of thiophene rings is 1. The van der Waals surface area contributed by atoms with Crippen LogP contribution in [-0.2, 0) is 11.3 Å². The Kier molecular flexibility index (Phi) is 6.68. The molecule has 2 heterocycles. The van der Waals surface area contributed by atoms with Crippen LogP contribution in [0.4, 0.5) is 0 Å². The van der Waals surface area contributed by atoms with Gasteiger partial charge in [0.2, 0.25) is 5.91 Å². The molecular weight excluding hydrogens is 384 g/mol. The van der Waals surface area contributed by atoms with Gasteiger partial charge in [-0.05, 0) is 66.2 Å². The summed E-state index contributed by atoms with van der Waals surface area (Å²) >= 11 is 3.45. The molecule has 1 aromatic heterocycles. The number of nitrogens with zero attached hydrogens (tertiary/aromatic N) is 1. The van der Waals surface area contributed by atoms with E-state index in [0.29, 0.717) is 11.7 Å². The lowest BCUT2D eigenvalue weighted by atomic mass is 9.97. The molecule has 0 aliphatic carbocycles. The third-order valence-electron chi connectivity index (χ3n) is 5.35. The van der Waals surface area contributed by atoms with Crippen LogP contribution in [0.3, 0.4) is 0 Å². The molecule has 1 amide bonds. The highest BCUT2D eigenvalue weighted by molar-refractivity contribution is 8.00. The summed E-state index contributed by atoms with van der Waals surface area (Å²) in [7, 11) is 0. The molecule has 1 aliphatic heterocycles. The maximum Gasteiger partial charge on any atom is 0.230 e. The molecule has 28 heavy (non-hydrogen) atoms. The molecule has 0 radical (unpaired) electrons. The van der Waals surface area contributed by atoms with Crippen LogP contribution in [-0.4, -0.2) is 36.2 Å². The summed E-state index contributed by atoms with van der Waals surface area (Å²) in [5, 5.41) is 7.75. The van der Waals surface area contributed by atoms with Crippen LogP contribution in [0, 0.1) is 5.92 Å². The van der Waals surface area contributed by atoms with E-state index in [-0.39, 0.29) is 5.91 Å².